The molecule has 0 fully saturated rings. The number of aliphatic carboxylic acids is 2. The summed E-state index contributed by atoms with van der Waals surface area (Å²) in [5, 5.41) is 20.3. The van der Waals surface area contributed by atoms with Crippen LogP contribution >= 0.6 is 0 Å². The molecule has 2 aromatic rings. The van der Waals surface area contributed by atoms with E-state index in [1.165, 1.54) is 0 Å². The Labute approximate surface area is 190 Å². The van der Waals surface area contributed by atoms with Crippen LogP contribution in [-0.4, -0.2) is 57.7 Å². The van der Waals surface area contributed by atoms with Gasteiger partial charge in [0.15, 0.2) is 0 Å². The molecular formula is C22H28N6O5. The second-order valence-corrected chi connectivity index (χ2v) is 8.12. The molecule has 1 aliphatic rings. The molecule has 0 spiro atoms. The molecule has 1 heterocycles. The van der Waals surface area contributed by atoms with Gasteiger partial charge in [0.05, 0.1) is 5.69 Å². The molecule has 7 N–H and O–H groups in total. The van der Waals surface area contributed by atoms with Gasteiger partial charge in [-0.05, 0) is 55.9 Å². The molecule has 1 unspecified atom stereocenters. The van der Waals surface area contributed by atoms with Gasteiger partial charge in [-0.25, -0.2) is 9.78 Å². The Bertz CT molecular complexity index is 1040. The molecule has 1 aromatic carbocycles. The first-order valence-corrected chi connectivity index (χ1v) is 10.6. The summed E-state index contributed by atoms with van der Waals surface area (Å²) >= 11 is 0. The Hall–Kier alpha value is -3.89. The van der Waals surface area contributed by atoms with E-state index in [4.69, 9.17) is 16.6 Å². The Morgan fingerprint density at radius 2 is 1.88 bits per heavy atom. The predicted octanol–water partition coefficient (Wildman–Crippen LogP) is 1.25. The molecule has 0 radical (unpaired) electrons. The third-order valence-corrected chi connectivity index (χ3v) is 5.84. The van der Waals surface area contributed by atoms with Gasteiger partial charge in [0.25, 0.3) is 5.91 Å². The standard InChI is InChI=1S/C22H28N6O5/c1-28(11-10-12-4-7-15-18(12)19(23)27-22(24)26-15)14-5-2-13(3-6-14)20(31)25-16(21(32)33)8-9-17(29)30/h2-3,5-6,12,16H,4,7-11H2,1H3,(H,25,31)(H,29,30)(H,32,33)(H4,23,24,26,27)/t12?,16-/m0/s1. The van der Waals surface area contributed by atoms with Crippen molar-refractivity contribution in [2.45, 2.75) is 44.1 Å². The lowest BCUT2D eigenvalue weighted by atomic mass is 9.99. The summed E-state index contributed by atoms with van der Waals surface area (Å²) in [5.41, 5.74) is 14.8. The van der Waals surface area contributed by atoms with E-state index < -0.39 is 23.9 Å². The Kier molecular flexibility index (Phi) is 7.31. The number of rotatable bonds is 10. The van der Waals surface area contributed by atoms with Crippen molar-refractivity contribution in [3.8, 4) is 0 Å². The third kappa shape index (κ3) is 5.88. The molecule has 176 valence electrons. The first-order valence-electron chi connectivity index (χ1n) is 10.6. The summed E-state index contributed by atoms with van der Waals surface area (Å²) in [6.45, 7) is 0.746. The molecule has 2 atom stereocenters. The number of nitrogens with two attached hydrogens (primary N) is 2. The number of hydrogen-bond acceptors (Lipinski definition) is 8. The van der Waals surface area contributed by atoms with E-state index in [0.29, 0.717) is 11.4 Å². The SMILES string of the molecule is CN(CCC1CCc2nc(N)nc(N)c21)c1ccc(C(=O)N[C@@H](CCC(=O)O)C(=O)O)cc1. The second kappa shape index (κ2) is 10.2. The molecule has 1 aromatic heterocycles. The largest absolute Gasteiger partial charge is 0.481 e. The lowest BCUT2D eigenvalue weighted by Gasteiger charge is -2.22. The zero-order chi connectivity index (χ0) is 24.1. The summed E-state index contributed by atoms with van der Waals surface area (Å²) < 4.78 is 0. The number of nitrogen functional groups attached to an aromatic ring is 2. The maximum atomic E-state index is 12.4. The molecule has 11 heteroatoms. The minimum absolute atomic E-state index is 0.191. The molecule has 11 nitrogen and oxygen atoms in total. The van der Waals surface area contributed by atoms with E-state index in [1.54, 1.807) is 24.3 Å². The quantitative estimate of drug-likeness (QED) is 0.348. The van der Waals surface area contributed by atoms with Crippen LogP contribution in [0.15, 0.2) is 24.3 Å². The number of nitrogens with zero attached hydrogens (tertiary/aromatic N) is 3. The molecule has 0 saturated heterocycles. The van der Waals surface area contributed by atoms with E-state index in [-0.39, 0.29) is 24.7 Å². The summed E-state index contributed by atoms with van der Waals surface area (Å²) in [5.74, 6) is -2.07. The van der Waals surface area contributed by atoms with E-state index in [2.05, 4.69) is 20.2 Å². The van der Waals surface area contributed by atoms with Crippen molar-refractivity contribution in [1.29, 1.82) is 0 Å². The number of fused-ring (bicyclic) bond motifs is 1. The first-order chi connectivity index (χ1) is 15.7. The number of carbonyl (C=O) groups excluding carboxylic acids is 1. The summed E-state index contributed by atoms with van der Waals surface area (Å²) in [4.78, 5) is 44.8. The topological polar surface area (TPSA) is 185 Å². The third-order valence-electron chi connectivity index (χ3n) is 5.84. The minimum Gasteiger partial charge on any atom is -0.481 e. The van der Waals surface area contributed by atoms with Crippen molar-refractivity contribution < 1.29 is 24.6 Å². The summed E-state index contributed by atoms with van der Waals surface area (Å²) in [6, 6.07) is 5.51. The fraction of sp³-hybridized carbons (Fsp3) is 0.409. The number of aryl methyl sites for hydroxylation is 1. The minimum atomic E-state index is -1.27. The Balaban J connectivity index is 1.57. The number of aromatic nitrogens is 2. The lowest BCUT2D eigenvalue weighted by molar-refractivity contribution is -0.140. The van der Waals surface area contributed by atoms with Crippen LogP contribution in [-0.2, 0) is 16.0 Å². The van der Waals surface area contributed by atoms with Crippen molar-refractivity contribution in [2.75, 3.05) is 30.0 Å². The predicted molar refractivity (Wildman–Crippen MR) is 122 cm³/mol. The highest BCUT2D eigenvalue weighted by atomic mass is 16.4. The number of hydrogen-bond donors (Lipinski definition) is 5. The van der Waals surface area contributed by atoms with Gasteiger partial charge in [-0.3, -0.25) is 9.59 Å². The van der Waals surface area contributed by atoms with Crippen LogP contribution in [0.5, 0.6) is 0 Å². The van der Waals surface area contributed by atoms with Gasteiger partial charge in [0.1, 0.15) is 11.9 Å². The maximum absolute atomic E-state index is 12.4. The van der Waals surface area contributed by atoms with Crippen LogP contribution in [0.2, 0.25) is 0 Å². The fourth-order valence-corrected chi connectivity index (χ4v) is 4.05. The fourth-order valence-electron chi connectivity index (χ4n) is 4.05. The highest BCUT2D eigenvalue weighted by Gasteiger charge is 2.27. The number of carboxylic acids is 2. The zero-order valence-corrected chi connectivity index (χ0v) is 18.3. The average molecular weight is 457 g/mol. The van der Waals surface area contributed by atoms with E-state index in [9.17, 15) is 19.5 Å². The van der Waals surface area contributed by atoms with Crippen molar-refractivity contribution in [2.24, 2.45) is 0 Å². The molecule has 1 aliphatic carbocycles. The highest BCUT2D eigenvalue weighted by Crippen LogP contribution is 2.38. The Morgan fingerprint density at radius 3 is 2.52 bits per heavy atom. The van der Waals surface area contributed by atoms with Gasteiger partial charge >= 0.3 is 11.9 Å². The molecule has 33 heavy (non-hydrogen) atoms. The second-order valence-electron chi connectivity index (χ2n) is 8.12. The van der Waals surface area contributed by atoms with Crippen molar-refractivity contribution in [3.05, 3.63) is 41.1 Å². The van der Waals surface area contributed by atoms with Gasteiger partial charge in [-0.15, -0.1) is 0 Å². The van der Waals surface area contributed by atoms with Crippen LogP contribution in [0.4, 0.5) is 17.5 Å². The van der Waals surface area contributed by atoms with Crippen LogP contribution in [0.3, 0.4) is 0 Å². The van der Waals surface area contributed by atoms with Crippen molar-refractivity contribution >= 4 is 35.3 Å². The number of amides is 1. The zero-order valence-electron chi connectivity index (χ0n) is 18.3. The molecule has 0 aliphatic heterocycles. The number of anilines is 3. The molecule has 1 amide bonds. The van der Waals surface area contributed by atoms with E-state index >= 15 is 0 Å². The number of nitrogens with one attached hydrogen (secondary N) is 1. The van der Waals surface area contributed by atoms with Crippen LogP contribution in [0.25, 0.3) is 0 Å². The van der Waals surface area contributed by atoms with E-state index in [1.807, 2.05) is 7.05 Å². The average Bonchev–Trinajstić information content (AvgIpc) is 3.17. The first kappa shape index (κ1) is 23.8. The van der Waals surface area contributed by atoms with Gasteiger partial charge in [0.2, 0.25) is 5.95 Å². The maximum Gasteiger partial charge on any atom is 0.326 e. The number of carbonyl (C=O) groups is 3. The van der Waals surface area contributed by atoms with Gasteiger partial charge in [-0.1, -0.05) is 0 Å². The molecule has 0 saturated carbocycles. The summed E-state index contributed by atoms with van der Waals surface area (Å²) in [6.07, 6.45) is 2.08. The highest BCUT2D eigenvalue weighted by molar-refractivity contribution is 5.97. The monoisotopic (exact) mass is 456 g/mol. The number of carboxylic acid groups (broad SMARTS) is 2. The molecular weight excluding hydrogens is 428 g/mol. The lowest BCUT2D eigenvalue weighted by Crippen LogP contribution is -2.41. The van der Waals surface area contributed by atoms with Gasteiger partial charge in [-0.2, -0.15) is 4.98 Å². The van der Waals surface area contributed by atoms with Gasteiger partial charge < -0.3 is 31.9 Å². The smallest absolute Gasteiger partial charge is 0.326 e. The Morgan fingerprint density at radius 1 is 1.18 bits per heavy atom. The molecule has 3 rings (SSSR count). The number of benzene rings is 1. The van der Waals surface area contributed by atoms with Crippen molar-refractivity contribution in [1.82, 2.24) is 15.3 Å². The van der Waals surface area contributed by atoms with E-state index in [0.717, 1.165) is 42.8 Å². The van der Waals surface area contributed by atoms with Gasteiger partial charge in [0, 0.05) is 36.8 Å². The summed E-state index contributed by atoms with van der Waals surface area (Å²) in [7, 11) is 1.94. The normalized spacial score (nSPS) is 15.5. The molecule has 0 bridgehead atoms. The van der Waals surface area contributed by atoms with Crippen molar-refractivity contribution in [3.63, 3.8) is 0 Å². The van der Waals surface area contributed by atoms with Crippen LogP contribution in [0, 0.1) is 0 Å². The van der Waals surface area contributed by atoms with Crippen LogP contribution < -0.4 is 21.7 Å². The van der Waals surface area contributed by atoms with Crippen LogP contribution in [0.1, 0.15) is 53.2 Å².